The van der Waals surface area contributed by atoms with Gasteiger partial charge in [0.05, 0.1) is 17.1 Å². The van der Waals surface area contributed by atoms with Gasteiger partial charge in [-0.25, -0.2) is 9.97 Å². The maximum absolute atomic E-state index is 10.5. The highest BCUT2D eigenvalue weighted by molar-refractivity contribution is 5.91. The molecule has 1 aliphatic heterocycles. The van der Waals surface area contributed by atoms with E-state index in [4.69, 9.17) is 9.97 Å². The van der Waals surface area contributed by atoms with Gasteiger partial charge in [0.2, 0.25) is 0 Å². The molecule has 2 aromatic heterocycles. The fourth-order valence-electron chi connectivity index (χ4n) is 5.59. The Bertz CT molecular complexity index is 1670. The van der Waals surface area contributed by atoms with Gasteiger partial charge in [0.25, 0.3) is 0 Å². The molecular weight excluding hydrogens is 454 g/mol. The Morgan fingerprint density at radius 3 is 2.43 bits per heavy atom. The quantitative estimate of drug-likeness (QED) is 0.278. The average Bonchev–Trinajstić information content (AvgIpc) is 2.89. The monoisotopic (exact) mass is 485 g/mol. The lowest BCUT2D eigenvalue weighted by molar-refractivity contribution is 0.480. The lowest BCUT2D eigenvalue weighted by Gasteiger charge is -2.41. The third kappa shape index (κ3) is 3.67. The fourth-order valence-corrected chi connectivity index (χ4v) is 5.59. The van der Waals surface area contributed by atoms with Crippen molar-refractivity contribution in [2.75, 3.05) is 4.90 Å². The molecule has 184 valence electrons. The minimum absolute atomic E-state index is 0.179. The molecule has 0 bridgehead atoms. The fraction of sp³-hybridized carbons (Fsp3) is 0.212. The number of aromatic nitrogens is 2. The molecule has 0 unspecified atom stereocenters. The number of rotatable bonds is 3. The first-order valence-electron chi connectivity index (χ1n) is 12.9. The summed E-state index contributed by atoms with van der Waals surface area (Å²) >= 11 is 0. The van der Waals surface area contributed by atoms with Gasteiger partial charge in [-0.3, -0.25) is 4.90 Å². The van der Waals surface area contributed by atoms with Crippen LogP contribution >= 0.6 is 0 Å². The molecule has 0 saturated heterocycles. The van der Waals surface area contributed by atoms with Crippen LogP contribution in [0.3, 0.4) is 0 Å². The van der Waals surface area contributed by atoms with Gasteiger partial charge in [-0.2, -0.15) is 0 Å². The van der Waals surface area contributed by atoms with Crippen LogP contribution in [0.4, 0.5) is 17.2 Å². The molecule has 0 aliphatic carbocycles. The Morgan fingerprint density at radius 2 is 1.62 bits per heavy atom. The van der Waals surface area contributed by atoms with E-state index < -0.39 is 0 Å². The lowest BCUT2D eigenvalue weighted by atomic mass is 9.73. The van der Waals surface area contributed by atoms with Crippen molar-refractivity contribution in [1.29, 1.82) is 0 Å². The molecular formula is C33H31N3O. The second kappa shape index (κ2) is 8.45. The van der Waals surface area contributed by atoms with Crippen LogP contribution < -0.4 is 4.90 Å². The van der Waals surface area contributed by atoms with Gasteiger partial charge in [0, 0.05) is 22.6 Å². The van der Waals surface area contributed by atoms with Crippen LogP contribution in [0.25, 0.3) is 22.2 Å². The van der Waals surface area contributed by atoms with Gasteiger partial charge in [-0.15, -0.1) is 0 Å². The Morgan fingerprint density at radius 1 is 0.838 bits per heavy atom. The molecule has 4 heteroatoms. The highest BCUT2D eigenvalue weighted by atomic mass is 16.3. The third-order valence-corrected chi connectivity index (χ3v) is 7.72. The van der Waals surface area contributed by atoms with Crippen molar-refractivity contribution in [3.05, 3.63) is 107 Å². The van der Waals surface area contributed by atoms with E-state index in [1.54, 1.807) is 6.07 Å². The van der Waals surface area contributed by atoms with E-state index in [0.29, 0.717) is 11.4 Å². The SMILES string of the molecule is Cc1cc(-c2ccc3c(c2)N(c2cc(C(C)C)ccn2)c2ccccc2C3(C)C)nc2c(O)cccc12. The number of hydrogen-bond donors (Lipinski definition) is 1. The van der Waals surface area contributed by atoms with Crippen LogP contribution in [0.2, 0.25) is 0 Å². The van der Waals surface area contributed by atoms with E-state index in [2.05, 4.69) is 100 Å². The van der Waals surface area contributed by atoms with E-state index in [1.165, 1.54) is 16.7 Å². The molecule has 0 radical (unpaired) electrons. The number of phenols is 1. The minimum atomic E-state index is -0.179. The summed E-state index contributed by atoms with van der Waals surface area (Å²) in [7, 11) is 0. The summed E-state index contributed by atoms with van der Waals surface area (Å²) in [5.41, 5.74) is 9.41. The number of anilines is 3. The lowest BCUT2D eigenvalue weighted by Crippen LogP contribution is -2.31. The first-order chi connectivity index (χ1) is 17.8. The van der Waals surface area contributed by atoms with Crippen molar-refractivity contribution < 1.29 is 5.11 Å². The van der Waals surface area contributed by atoms with Crippen molar-refractivity contribution in [3.8, 4) is 17.0 Å². The zero-order chi connectivity index (χ0) is 25.9. The summed E-state index contributed by atoms with van der Waals surface area (Å²) in [6, 6.07) is 27.2. The Balaban J connectivity index is 1.60. The third-order valence-electron chi connectivity index (χ3n) is 7.72. The zero-order valence-corrected chi connectivity index (χ0v) is 21.9. The van der Waals surface area contributed by atoms with Gasteiger partial charge in [-0.05, 0) is 71.5 Å². The molecule has 6 rings (SSSR count). The number of aromatic hydroxyl groups is 1. The first kappa shape index (κ1) is 23.2. The summed E-state index contributed by atoms with van der Waals surface area (Å²) < 4.78 is 0. The second-order valence-electron chi connectivity index (χ2n) is 10.8. The largest absolute Gasteiger partial charge is 0.506 e. The number of hydrogen-bond acceptors (Lipinski definition) is 4. The summed E-state index contributed by atoms with van der Waals surface area (Å²) in [5, 5.41) is 11.5. The van der Waals surface area contributed by atoms with Crippen LogP contribution in [0.5, 0.6) is 5.75 Å². The van der Waals surface area contributed by atoms with Crippen LogP contribution in [0.1, 0.15) is 55.9 Å². The van der Waals surface area contributed by atoms with Crippen LogP contribution in [0, 0.1) is 6.92 Å². The van der Waals surface area contributed by atoms with Gasteiger partial charge < -0.3 is 5.11 Å². The number of aryl methyl sites for hydroxylation is 1. The van der Waals surface area contributed by atoms with Crippen molar-refractivity contribution >= 4 is 28.1 Å². The van der Waals surface area contributed by atoms with Gasteiger partial charge in [0.15, 0.2) is 0 Å². The average molecular weight is 486 g/mol. The summed E-state index contributed by atoms with van der Waals surface area (Å²) in [5.74, 6) is 1.51. The van der Waals surface area contributed by atoms with Gasteiger partial charge >= 0.3 is 0 Å². The number of pyridine rings is 2. The molecule has 1 N–H and O–H groups in total. The number of phenolic OH excluding ortho intramolecular Hbond substituents is 1. The zero-order valence-electron chi connectivity index (χ0n) is 21.9. The maximum atomic E-state index is 10.5. The van der Waals surface area contributed by atoms with Gasteiger partial charge in [-0.1, -0.05) is 70.2 Å². The molecule has 37 heavy (non-hydrogen) atoms. The van der Waals surface area contributed by atoms with Crippen molar-refractivity contribution in [3.63, 3.8) is 0 Å². The highest BCUT2D eigenvalue weighted by Crippen LogP contribution is 2.52. The molecule has 5 aromatic rings. The number of benzene rings is 3. The van der Waals surface area contributed by atoms with E-state index in [-0.39, 0.29) is 11.2 Å². The maximum Gasteiger partial charge on any atom is 0.141 e. The molecule has 0 saturated carbocycles. The van der Waals surface area contributed by atoms with E-state index in [1.807, 2.05) is 18.3 Å². The van der Waals surface area contributed by atoms with Crippen LogP contribution in [-0.2, 0) is 5.41 Å². The van der Waals surface area contributed by atoms with E-state index in [9.17, 15) is 5.11 Å². The predicted molar refractivity (Wildman–Crippen MR) is 152 cm³/mol. The predicted octanol–water partition coefficient (Wildman–Crippen LogP) is 8.54. The minimum Gasteiger partial charge on any atom is -0.506 e. The summed E-state index contributed by atoms with van der Waals surface area (Å²) in [6.45, 7) is 11.1. The standard InChI is InChI=1S/C33H31N3O/c1-20(2)22-15-16-34-31(19-22)36-28-11-7-6-10-25(28)33(4,5)26-14-13-23(18-29(26)36)27-17-21(3)24-9-8-12-30(37)32(24)35-27/h6-20,37H,1-5H3. The highest BCUT2D eigenvalue weighted by Gasteiger charge is 2.37. The number of nitrogens with zero attached hydrogens (tertiary/aromatic N) is 3. The Kier molecular flexibility index (Phi) is 5.30. The van der Waals surface area contributed by atoms with Crippen LogP contribution in [0.15, 0.2) is 85.1 Å². The van der Waals surface area contributed by atoms with E-state index in [0.717, 1.165) is 39.4 Å². The summed E-state index contributed by atoms with van der Waals surface area (Å²) in [6.07, 6.45) is 1.91. The molecule has 0 fully saturated rings. The van der Waals surface area contributed by atoms with Crippen molar-refractivity contribution in [2.24, 2.45) is 0 Å². The number of para-hydroxylation sites is 2. The normalized spacial score (nSPS) is 14.1. The molecule has 1 aliphatic rings. The molecule has 0 atom stereocenters. The second-order valence-corrected chi connectivity index (χ2v) is 10.8. The molecule has 4 nitrogen and oxygen atoms in total. The topological polar surface area (TPSA) is 49.2 Å². The summed E-state index contributed by atoms with van der Waals surface area (Å²) in [4.78, 5) is 12.0. The smallest absolute Gasteiger partial charge is 0.141 e. The first-order valence-corrected chi connectivity index (χ1v) is 12.9. The van der Waals surface area contributed by atoms with Crippen molar-refractivity contribution in [1.82, 2.24) is 9.97 Å². The van der Waals surface area contributed by atoms with E-state index >= 15 is 0 Å². The Labute approximate surface area is 218 Å². The molecule has 3 aromatic carbocycles. The molecule has 0 spiro atoms. The molecule has 3 heterocycles. The molecule has 0 amide bonds. The van der Waals surface area contributed by atoms with Gasteiger partial charge in [0.1, 0.15) is 17.1 Å². The number of fused-ring (bicyclic) bond motifs is 3. The van der Waals surface area contributed by atoms with Crippen molar-refractivity contribution in [2.45, 2.75) is 46.0 Å². The Hall–Kier alpha value is -4.18. The van der Waals surface area contributed by atoms with Crippen LogP contribution in [-0.4, -0.2) is 15.1 Å².